The van der Waals surface area contributed by atoms with Crippen LogP contribution in [0.4, 0.5) is 0 Å². The average molecular weight is 309 g/mol. The maximum Gasteiger partial charge on any atom is 0.240 e. The molecule has 1 amide bonds. The van der Waals surface area contributed by atoms with Crippen molar-refractivity contribution in [3.05, 3.63) is 59.7 Å². The van der Waals surface area contributed by atoms with Crippen LogP contribution in [0.3, 0.4) is 0 Å². The second kappa shape index (κ2) is 5.76. The van der Waals surface area contributed by atoms with Gasteiger partial charge in [-0.25, -0.2) is 0 Å². The van der Waals surface area contributed by atoms with Gasteiger partial charge >= 0.3 is 0 Å². The van der Waals surface area contributed by atoms with Gasteiger partial charge < -0.3 is 10.5 Å². The first-order valence-electron chi connectivity index (χ1n) is 7.41. The van der Waals surface area contributed by atoms with Gasteiger partial charge in [0.15, 0.2) is 0 Å². The third-order valence-corrected chi connectivity index (χ3v) is 4.30. The summed E-state index contributed by atoms with van der Waals surface area (Å²) >= 11 is 0. The molecule has 0 saturated heterocycles. The number of ether oxygens (including phenoxy) is 1. The summed E-state index contributed by atoms with van der Waals surface area (Å²) in [5.41, 5.74) is 7.94. The van der Waals surface area contributed by atoms with E-state index in [1.807, 2.05) is 55.5 Å². The molecule has 0 aliphatic heterocycles. The number of carbonyl (C=O) groups is 1. The fraction of sp³-hybridized carbons (Fsp3) is 0.222. The number of nitrogens with two attached hydrogens (primary N) is 1. The summed E-state index contributed by atoms with van der Waals surface area (Å²) in [6.07, 6.45) is 0.225. The number of amides is 1. The summed E-state index contributed by atoms with van der Waals surface area (Å²) < 4.78 is 5.29. The van der Waals surface area contributed by atoms with E-state index in [1.165, 1.54) is 0 Å². The average Bonchev–Trinajstić information content (AvgIpc) is 2.97. The van der Waals surface area contributed by atoms with Gasteiger partial charge in [0.05, 0.1) is 18.0 Å². The molecule has 118 valence electrons. The minimum atomic E-state index is -0.510. The Morgan fingerprint density at radius 3 is 2.61 bits per heavy atom. The minimum Gasteiger partial charge on any atom is -0.480 e. The van der Waals surface area contributed by atoms with Crippen LogP contribution in [-0.4, -0.2) is 23.2 Å². The van der Waals surface area contributed by atoms with Crippen LogP contribution in [0, 0.1) is 0 Å². The zero-order chi connectivity index (χ0) is 16.4. The molecule has 1 aromatic heterocycles. The van der Waals surface area contributed by atoms with E-state index in [2.05, 4.69) is 10.2 Å². The molecule has 2 aromatic carbocycles. The maximum atomic E-state index is 11.7. The van der Waals surface area contributed by atoms with Gasteiger partial charge in [0.2, 0.25) is 11.8 Å². The van der Waals surface area contributed by atoms with Gasteiger partial charge in [-0.05, 0) is 23.3 Å². The molecule has 1 atom stereocenters. The van der Waals surface area contributed by atoms with Crippen molar-refractivity contribution >= 4 is 16.8 Å². The first kappa shape index (κ1) is 15.1. The molecular formula is C18H19N3O2. The van der Waals surface area contributed by atoms with Crippen LogP contribution in [0.15, 0.2) is 48.5 Å². The van der Waals surface area contributed by atoms with E-state index < -0.39 is 5.41 Å². The van der Waals surface area contributed by atoms with E-state index in [0.29, 0.717) is 5.88 Å². The van der Waals surface area contributed by atoms with E-state index in [9.17, 15) is 4.79 Å². The minimum absolute atomic E-state index is 0.225. The van der Waals surface area contributed by atoms with Gasteiger partial charge in [-0.15, -0.1) is 5.10 Å². The number of primary amides is 1. The fourth-order valence-corrected chi connectivity index (χ4v) is 3.01. The highest BCUT2D eigenvalue weighted by Crippen LogP contribution is 2.37. The Morgan fingerprint density at radius 2 is 1.96 bits per heavy atom. The lowest BCUT2D eigenvalue weighted by Crippen LogP contribution is -2.30. The number of nitrogens with one attached hydrogen (secondary N) is 1. The molecule has 0 fully saturated rings. The molecule has 5 heteroatoms. The Balaban J connectivity index is 2.18. The topological polar surface area (TPSA) is 81.0 Å². The molecular weight excluding hydrogens is 290 g/mol. The molecule has 23 heavy (non-hydrogen) atoms. The maximum absolute atomic E-state index is 11.7. The van der Waals surface area contributed by atoms with Crippen molar-refractivity contribution in [1.82, 2.24) is 10.2 Å². The van der Waals surface area contributed by atoms with Crippen LogP contribution in [0.5, 0.6) is 5.88 Å². The molecule has 3 N–H and O–H groups in total. The monoisotopic (exact) mass is 309 g/mol. The number of benzene rings is 2. The van der Waals surface area contributed by atoms with E-state index >= 15 is 0 Å². The first-order chi connectivity index (χ1) is 11.0. The van der Waals surface area contributed by atoms with Crippen LogP contribution >= 0.6 is 0 Å². The van der Waals surface area contributed by atoms with E-state index in [4.69, 9.17) is 10.5 Å². The van der Waals surface area contributed by atoms with Crippen molar-refractivity contribution in [2.24, 2.45) is 5.73 Å². The fourth-order valence-electron chi connectivity index (χ4n) is 3.01. The van der Waals surface area contributed by atoms with Crippen molar-refractivity contribution in [2.45, 2.75) is 18.8 Å². The summed E-state index contributed by atoms with van der Waals surface area (Å²) in [7, 11) is 1.59. The molecule has 0 radical (unpaired) electrons. The summed E-state index contributed by atoms with van der Waals surface area (Å²) in [5.74, 6) is 0.201. The highest BCUT2D eigenvalue weighted by molar-refractivity contribution is 5.85. The quantitative estimate of drug-likeness (QED) is 0.760. The lowest BCUT2D eigenvalue weighted by molar-refractivity contribution is -0.118. The van der Waals surface area contributed by atoms with Crippen molar-refractivity contribution in [1.29, 1.82) is 0 Å². The molecule has 1 heterocycles. The number of hydrogen-bond donors (Lipinski definition) is 2. The number of H-pyrrole nitrogens is 1. The Morgan fingerprint density at radius 1 is 1.22 bits per heavy atom. The van der Waals surface area contributed by atoms with E-state index in [-0.39, 0.29) is 12.3 Å². The second-order valence-electron chi connectivity index (χ2n) is 5.83. The summed E-state index contributed by atoms with van der Waals surface area (Å²) in [4.78, 5) is 11.7. The largest absolute Gasteiger partial charge is 0.480 e. The molecule has 3 rings (SSSR count). The lowest BCUT2D eigenvalue weighted by Gasteiger charge is -2.30. The number of aromatic nitrogens is 2. The van der Waals surface area contributed by atoms with Crippen molar-refractivity contribution in [2.75, 3.05) is 7.11 Å². The molecule has 1 unspecified atom stereocenters. The molecule has 5 nitrogen and oxygen atoms in total. The predicted octanol–water partition coefficient (Wildman–Crippen LogP) is 2.75. The summed E-state index contributed by atoms with van der Waals surface area (Å²) in [5, 5.41) is 7.95. The van der Waals surface area contributed by atoms with Gasteiger partial charge in [0, 0.05) is 11.8 Å². The normalized spacial score (nSPS) is 13.7. The molecule has 0 spiro atoms. The smallest absolute Gasteiger partial charge is 0.240 e. The highest BCUT2D eigenvalue weighted by Gasteiger charge is 2.31. The number of hydrogen-bond acceptors (Lipinski definition) is 3. The zero-order valence-corrected chi connectivity index (χ0v) is 13.2. The second-order valence-corrected chi connectivity index (χ2v) is 5.83. The lowest BCUT2D eigenvalue weighted by atomic mass is 9.73. The van der Waals surface area contributed by atoms with E-state index in [0.717, 1.165) is 22.0 Å². The van der Waals surface area contributed by atoms with Gasteiger partial charge in [0.25, 0.3) is 0 Å². The van der Waals surface area contributed by atoms with Crippen LogP contribution in [0.25, 0.3) is 10.9 Å². The van der Waals surface area contributed by atoms with E-state index in [1.54, 1.807) is 7.11 Å². The Kier molecular flexibility index (Phi) is 3.78. The number of carbonyl (C=O) groups excluding carboxylic acids is 1. The molecule has 0 saturated carbocycles. The standard InChI is InChI=1S/C18H19N3O2/c1-18(11-16(19)22,12-6-4-3-5-7-12)13-8-9-15-14(10-13)17(23-2)21-20-15/h3-10H,11H2,1-2H3,(H2,19,22)(H,20,21). The molecule has 0 aliphatic carbocycles. The zero-order valence-electron chi connectivity index (χ0n) is 13.2. The first-order valence-corrected chi connectivity index (χ1v) is 7.41. The number of methoxy groups -OCH3 is 1. The Hall–Kier alpha value is -2.82. The third kappa shape index (κ3) is 2.65. The van der Waals surface area contributed by atoms with Crippen molar-refractivity contribution in [3.8, 4) is 5.88 Å². The molecule has 0 aliphatic rings. The van der Waals surface area contributed by atoms with Gasteiger partial charge in [-0.1, -0.05) is 43.3 Å². The predicted molar refractivity (Wildman–Crippen MR) is 89.4 cm³/mol. The van der Waals surface area contributed by atoms with Crippen molar-refractivity contribution in [3.63, 3.8) is 0 Å². The SMILES string of the molecule is COc1n[nH]c2ccc(C(C)(CC(N)=O)c3ccccc3)cc12. The van der Waals surface area contributed by atoms with Gasteiger partial charge in [0.1, 0.15) is 0 Å². The van der Waals surface area contributed by atoms with Crippen molar-refractivity contribution < 1.29 is 9.53 Å². The molecule has 3 aromatic rings. The Labute approximate surface area is 134 Å². The Bertz CT molecular complexity index is 842. The van der Waals surface area contributed by atoms with Crippen LogP contribution in [0.2, 0.25) is 0 Å². The molecule has 0 bridgehead atoms. The third-order valence-electron chi connectivity index (χ3n) is 4.30. The van der Waals surface area contributed by atoms with Crippen LogP contribution in [0.1, 0.15) is 24.5 Å². The summed E-state index contributed by atoms with van der Waals surface area (Å²) in [6.45, 7) is 2.03. The number of fused-ring (bicyclic) bond motifs is 1. The number of rotatable bonds is 5. The number of aromatic amines is 1. The van der Waals surface area contributed by atoms with Gasteiger partial charge in [-0.3, -0.25) is 9.89 Å². The van der Waals surface area contributed by atoms with Gasteiger partial charge in [-0.2, -0.15) is 0 Å². The highest BCUT2D eigenvalue weighted by atomic mass is 16.5. The number of nitrogens with zero attached hydrogens (tertiary/aromatic N) is 1. The van der Waals surface area contributed by atoms with Crippen LogP contribution < -0.4 is 10.5 Å². The van der Waals surface area contributed by atoms with Crippen LogP contribution in [-0.2, 0) is 10.2 Å². The summed E-state index contributed by atoms with van der Waals surface area (Å²) in [6, 6.07) is 15.9.